The van der Waals surface area contributed by atoms with Gasteiger partial charge in [-0.15, -0.1) is 0 Å². The topological polar surface area (TPSA) is 61.2 Å². The third-order valence-electron chi connectivity index (χ3n) is 3.36. The molecule has 5 nitrogen and oxygen atoms in total. The van der Waals surface area contributed by atoms with Gasteiger partial charge < -0.3 is 4.74 Å². The maximum atomic E-state index is 12.9. The van der Waals surface area contributed by atoms with Crippen LogP contribution in [0.4, 0.5) is 0 Å². The Bertz CT molecular complexity index is 971. The highest BCUT2D eigenvalue weighted by molar-refractivity contribution is 7.99. The van der Waals surface area contributed by atoms with Crippen LogP contribution in [0.5, 0.6) is 0 Å². The zero-order valence-corrected chi connectivity index (χ0v) is 14.3. The minimum atomic E-state index is -0.389. The van der Waals surface area contributed by atoms with E-state index in [4.69, 9.17) is 11.6 Å². The first-order valence-electron chi connectivity index (χ1n) is 7.07. The van der Waals surface area contributed by atoms with Crippen LogP contribution in [0.15, 0.2) is 58.5 Å². The smallest absolute Gasteiger partial charge is 0.316 e. The number of halogens is 1. The Balaban J connectivity index is 2.21. The number of hydrogen-bond acceptors (Lipinski definition) is 5. The van der Waals surface area contributed by atoms with Crippen LogP contribution in [-0.4, -0.2) is 28.4 Å². The van der Waals surface area contributed by atoms with Crippen molar-refractivity contribution in [2.75, 3.05) is 12.9 Å². The Morgan fingerprint density at radius 1 is 1.25 bits per heavy atom. The van der Waals surface area contributed by atoms with Gasteiger partial charge in [-0.25, -0.2) is 4.98 Å². The number of methoxy groups -OCH3 is 1. The zero-order chi connectivity index (χ0) is 17.1. The third kappa shape index (κ3) is 3.29. The highest BCUT2D eigenvalue weighted by Gasteiger charge is 2.15. The number of ether oxygens (including phenoxy) is 1. The molecule has 7 heteroatoms. The van der Waals surface area contributed by atoms with Gasteiger partial charge in [0.1, 0.15) is 0 Å². The Morgan fingerprint density at radius 3 is 2.79 bits per heavy atom. The molecule has 0 atom stereocenters. The number of hydrogen-bond donors (Lipinski definition) is 0. The fourth-order valence-electron chi connectivity index (χ4n) is 2.23. The van der Waals surface area contributed by atoms with Gasteiger partial charge in [-0.1, -0.05) is 41.6 Å². The molecular formula is C17H13ClN2O3S. The van der Waals surface area contributed by atoms with Gasteiger partial charge in [-0.3, -0.25) is 14.2 Å². The summed E-state index contributed by atoms with van der Waals surface area (Å²) in [5.74, 6) is -0.331. The Morgan fingerprint density at radius 2 is 2.04 bits per heavy atom. The number of carbonyl (C=O) groups excluding carboxylic acids is 1. The van der Waals surface area contributed by atoms with E-state index in [0.717, 1.165) is 11.8 Å². The molecule has 0 N–H and O–H groups in total. The highest BCUT2D eigenvalue weighted by atomic mass is 35.5. The van der Waals surface area contributed by atoms with E-state index in [1.807, 2.05) is 6.07 Å². The van der Waals surface area contributed by atoms with Crippen molar-refractivity contribution >= 4 is 40.2 Å². The van der Waals surface area contributed by atoms with Crippen molar-refractivity contribution in [1.82, 2.24) is 9.55 Å². The maximum absolute atomic E-state index is 12.9. The molecule has 2 aromatic carbocycles. The molecule has 0 spiro atoms. The maximum Gasteiger partial charge on any atom is 0.316 e. The van der Waals surface area contributed by atoms with Gasteiger partial charge in [0.05, 0.1) is 29.5 Å². The highest BCUT2D eigenvalue weighted by Crippen LogP contribution is 2.23. The van der Waals surface area contributed by atoms with Gasteiger partial charge in [0.25, 0.3) is 5.56 Å². The second-order valence-corrected chi connectivity index (χ2v) is 6.28. The number of nitrogens with zero attached hydrogens (tertiary/aromatic N) is 2. The van der Waals surface area contributed by atoms with Crippen LogP contribution in [-0.2, 0) is 9.53 Å². The second kappa shape index (κ2) is 7.07. The van der Waals surface area contributed by atoms with Crippen LogP contribution in [0.2, 0.25) is 5.02 Å². The van der Waals surface area contributed by atoms with Crippen LogP contribution in [0.25, 0.3) is 16.6 Å². The summed E-state index contributed by atoms with van der Waals surface area (Å²) in [4.78, 5) is 28.9. The lowest BCUT2D eigenvalue weighted by atomic mass is 10.2. The summed E-state index contributed by atoms with van der Waals surface area (Å²) in [7, 11) is 1.32. The fourth-order valence-corrected chi connectivity index (χ4v) is 3.26. The second-order valence-electron chi connectivity index (χ2n) is 4.90. The van der Waals surface area contributed by atoms with E-state index in [9.17, 15) is 9.59 Å². The molecule has 0 saturated carbocycles. The van der Waals surface area contributed by atoms with Crippen molar-refractivity contribution in [2.45, 2.75) is 5.16 Å². The molecule has 24 heavy (non-hydrogen) atoms. The van der Waals surface area contributed by atoms with E-state index < -0.39 is 0 Å². The summed E-state index contributed by atoms with van der Waals surface area (Å²) in [6, 6.07) is 14.0. The van der Waals surface area contributed by atoms with E-state index >= 15 is 0 Å². The molecule has 1 aromatic heterocycles. The Kier molecular flexibility index (Phi) is 4.87. The first-order chi connectivity index (χ1) is 11.6. The molecule has 0 amide bonds. The van der Waals surface area contributed by atoms with Gasteiger partial charge >= 0.3 is 5.97 Å². The van der Waals surface area contributed by atoms with E-state index in [1.54, 1.807) is 42.5 Å². The van der Waals surface area contributed by atoms with Crippen molar-refractivity contribution in [3.8, 4) is 5.69 Å². The van der Waals surface area contributed by atoms with E-state index in [1.165, 1.54) is 11.7 Å². The zero-order valence-electron chi connectivity index (χ0n) is 12.7. The molecule has 0 radical (unpaired) electrons. The number of thioether (sulfide) groups is 1. The van der Waals surface area contributed by atoms with Crippen LogP contribution in [0.3, 0.4) is 0 Å². The largest absolute Gasteiger partial charge is 0.468 e. The Labute approximate surface area is 147 Å². The summed E-state index contributed by atoms with van der Waals surface area (Å²) < 4.78 is 6.12. The van der Waals surface area contributed by atoms with E-state index in [-0.39, 0.29) is 17.3 Å². The molecule has 3 aromatic rings. The molecule has 0 aliphatic heterocycles. The molecular weight excluding hydrogens is 348 g/mol. The average Bonchev–Trinajstić information content (AvgIpc) is 2.59. The van der Waals surface area contributed by atoms with Crippen molar-refractivity contribution in [3.05, 3.63) is 63.9 Å². The number of benzene rings is 2. The normalized spacial score (nSPS) is 10.8. The number of esters is 1. The summed E-state index contributed by atoms with van der Waals surface area (Å²) in [5, 5.41) is 1.42. The third-order valence-corrected chi connectivity index (χ3v) is 4.51. The monoisotopic (exact) mass is 360 g/mol. The van der Waals surface area contributed by atoms with Gasteiger partial charge in [0.2, 0.25) is 0 Å². The number of para-hydroxylation sites is 1. The number of carbonyl (C=O) groups is 1. The van der Waals surface area contributed by atoms with E-state index in [2.05, 4.69) is 9.72 Å². The van der Waals surface area contributed by atoms with Crippen molar-refractivity contribution in [3.63, 3.8) is 0 Å². The van der Waals surface area contributed by atoms with Gasteiger partial charge in [0, 0.05) is 5.02 Å². The fraction of sp³-hybridized carbons (Fsp3) is 0.118. The molecule has 1 heterocycles. The first-order valence-corrected chi connectivity index (χ1v) is 8.44. The number of aromatic nitrogens is 2. The molecule has 0 aliphatic rings. The molecule has 0 unspecified atom stereocenters. The summed E-state index contributed by atoms with van der Waals surface area (Å²) >= 11 is 7.19. The first kappa shape index (κ1) is 16.5. The van der Waals surface area contributed by atoms with Crippen LogP contribution in [0, 0.1) is 0 Å². The quantitative estimate of drug-likeness (QED) is 0.406. The summed E-state index contributed by atoms with van der Waals surface area (Å²) in [6.07, 6.45) is 0. The molecule has 0 bridgehead atoms. The summed E-state index contributed by atoms with van der Waals surface area (Å²) in [5.41, 5.74) is 0.960. The van der Waals surface area contributed by atoms with Gasteiger partial charge in [-0.2, -0.15) is 0 Å². The minimum absolute atomic E-state index is 0.0574. The average molecular weight is 361 g/mol. The summed E-state index contributed by atoms with van der Waals surface area (Å²) in [6.45, 7) is 0. The SMILES string of the molecule is COC(=O)CSc1nc2ccccc2c(=O)n1-c1cccc(Cl)c1. The van der Waals surface area contributed by atoms with Crippen LogP contribution < -0.4 is 5.56 Å². The van der Waals surface area contributed by atoms with Crippen LogP contribution in [0.1, 0.15) is 0 Å². The van der Waals surface area contributed by atoms with Crippen LogP contribution >= 0.6 is 23.4 Å². The number of fused-ring (bicyclic) bond motifs is 1. The Hall–Kier alpha value is -2.31. The lowest BCUT2D eigenvalue weighted by molar-refractivity contribution is -0.137. The molecule has 0 aliphatic carbocycles. The standard InChI is InChI=1S/C17H13ClN2O3S/c1-23-15(21)10-24-17-19-14-8-3-2-7-13(14)16(22)20(17)12-6-4-5-11(18)9-12/h2-9H,10H2,1H3. The van der Waals surface area contributed by atoms with Gasteiger partial charge in [-0.05, 0) is 30.3 Å². The number of rotatable bonds is 4. The van der Waals surface area contributed by atoms with Gasteiger partial charge in [0.15, 0.2) is 5.16 Å². The molecule has 122 valence electrons. The van der Waals surface area contributed by atoms with E-state index in [0.29, 0.717) is 26.8 Å². The van der Waals surface area contributed by atoms with Crippen molar-refractivity contribution in [2.24, 2.45) is 0 Å². The predicted octanol–water partition coefficient (Wildman–Crippen LogP) is 3.30. The lowest BCUT2D eigenvalue weighted by Gasteiger charge is -2.13. The molecule has 0 saturated heterocycles. The predicted molar refractivity (Wildman–Crippen MR) is 95.1 cm³/mol. The lowest BCUT2D eigenvalue weighted by Crippen LogP contribution is -2.22. The van der Waals surface area contributed by atoms with Crippen molar-refractivity contribution < 1.29 is 9.53 Å². The minimum Gasteiger partial charge on any atom is -0.468 e. The molecule has 0 fully saturated rings. The van der Waals surface area contributed by atoms with Crippen molar-refractivity contribution in [1.29, 1.82) is 0 Å². The molecule has 3 rings (SSSR count).